The van der Waals surface area contributed by atoms with E-state index in [1.165, 1.54) is 0 Å². The Morgan fingerprint density at radius 2 is 2.36 bits per heavy atom. The van der Waals surface area contributed by atoms with E-state index in [-0.39, 0.29) is 0 Å². The minimum atomic E-state index is -0.983. The first-order valence-corrected chi connectivity index (χ1v) is 5.49. The second-order valence-corrected chi connectivity index (χ2v) is 3.76. The van der Waals surface area contributed by atoms with E-state index in [9.17, 15) is 9.59 Å². The van der Waals surface area contributed by atoms with Gasteiger partial charge in [0.1, 0.15) is 6.04 Å². The predicted molar refractivity (Wildman–Crippen MR) is 57.4 cm³/mol. The lowest BCUT2D eigenvalue weighted by Gasteiger charge is -2.09. The van der Waals surface area contributed by atoms with Gasteiger partial charge in [-0.2, -0.15) is 11.8 Å². The maximum Gasteiger partial charge on any atom is 0.326 e. The van der Waals surface area contributed by atoms with Gasteiger partial charge < -0.3 is 10.4 Å². The van der Waals surface area contributed by atoms with Crippen molar-refractivity contribution in [2.24, 2.45) is 0 Å². The van der Waals surface area contributed by atoms with Crippen molar-refractivity contribution in [3.63, 3.8) is 0 Å². The first-order chi connectivity index (χ1) is 6.72. The van der Waals surface area contributed by atoms with E-state index in [4.69, 9.17) is 5.11 Å². The zero-order chi connectivity index (χ0) is 10.8. The Morgan fingerprint density at radius 3 is 2.86 bits per heavy atom. The fourth-order valence-electron chi connectivity index (χ4n) is 0.809. The van der Waals surface area contributed by atoms with Crippen LogP contribution in [0.2, 0.25) is 0 Å². The number of rotatable bonds is 8. The van der Waals surface area contributed by atoms with Crippen molar-refractivity contribution in [1.29, 1.82) is 0 Å². The highest BCUT2D eigenvalue weighted by atomic mass is 32.2. The van der Waals surface area contributed by atoms with Gasteiger partial charge in [-0.3, -0.25) is 4.79 Å². The van der Waals surface area contributed by atoms with Crippen LogP contribution in [-0.4, -0.2) is 35.0 Å². The van der Waals surface area contributed by atoms with Gasteiger partial charge in [0, 0.05) is 5.75 Å². The number of carboxylic acid groups (broad SMARTS) is 1. The molecule has 2 N–H and O–H groups in total. The number of carboxylic acids is 1. The molecule has 0 fully saturated rings. The Labute approximate surface area is 87.8 Å². The molecule has 0 saturated carbocycles. The molecule has 80 valence electrons. The molecule has 4 nitrogen and oxygen atoms in total. The maximum absolute atomic E-state index is 10.6. The number of amides is 1. The average molecular weight is 217 g/mol. The van der Waals surface area contributed by atoms with Gasteiger partial charge in [-0.25, -0.2) is 4.79 Å². The topological polar surface area (TPSA) is 66.4 Å². The fraction of sp³-hybridized carbons (Fsp3) is 0.556. The van der Waals surface area contributed by atoms with E-state index < -0.39 is 12.0 Å². The van der Waals surface area contributed by atoms with Crippen molar-refractivity contribution < 1.29 is 14.7 Å². The minimum Gasteiger partial charge on any atom is -0.480 e. The molecular weight excluding hydrogens is 202 g/mol. The molecule has 1 amide bonds. The van der Waals surface area contributed by atoms with E-state index >= 15 is 0 Å². The Bertz CT molecular complexity index is 206. The zero-order valence-corrected chi connectivity index (χ0v) is 8.92. The molecule has 0 rings (SSSR count). The highest BCUT2D eigenvalue weighted by molar-refractivity contribution is 7.99. The SMILES string of the molecule is CC=CCSCCC(NC=O)C(=O)O. The molecule has 5 heteroatoms. The van der Waals surface area contributed by atoms with Gasteiger partial charge in [0.15, 0.2) is 0 Å². The molecule has 0 saturated heterocycles. The molecule has 14 heavy (non-hydrogen) atoms. The van der Waals surface area contributed by atoms with Gasteiger partial charge >= 0.3 is 5.97 Å². The van der Waals surface area contributed by atoms with Crippen molar-refractivity contribution in [2.45, 2.75) is 19.4 Å². The summed E-state index contributed by atoms with van der Waals surface area (Å²) in [6, 6.07) is -0.759. The third kappa shape index (κ3) is 6.54. The highest BCUT2D eigenvalue weighted by Gasteiger charge is 2.14. The van der Waals surface area contributed by atoms with Gasteiger partial charge in [-0.05, 0) is 19.1 Å². The fourth-order valence-corrected chi connectivity index (χ4v) is 1.71. The van der Waals surface area contributed by atoms with E-state index in [1.807, 2.05) is 19.1 Å². The van der Waals surface area contributed by atoms with Crippen LogP contribution in [0, 0.1) is 0 Å². The number of hydrogen-bond donors (Lipinski definition) is 2. The van der Waals surface area contributed by atoms with E-state index in [0.717, 1.165) is 11.5 Å². The lowest BCUT2D eigenvalue weighted by atomic mass is 10.2. The summed E-state index contributed by atoms with van der Waals surface area (Å²) in [6.45, 7) is 1.94. The van der Waals surface area contributed by atoms with Crippen LogP contribution in [0.4, 0.5) is 0 Å². The molecule has 0 spiro atoms. The molecule has 0 radical (unpaired) electrons. The summed E-state index contributed by atoms with van der Waals surface area (Å²) in [5.74, 6) is 0.621. The predicted octanol–water partition coefficient (Wildman–Crippen LogP) is 0.885. The Kier molecular flexibility index (Phi) is 8.02. The summed E-state index contributed by atoms with van der Waals surface area (Å²) in [5.41, 5.74) is 0. The van der Waals surface area contributed by atoms with Crippen LogP contribution in [0.3, 0.4) is 0 Å². The number of allylic oxidation sites excluding steroid dienone is 1. The lowest BCUT2D eigenvalue weighted by Crippen LogP contribution is -2.36. The molecule has 1 unspecified atom stereocenters. The van der Waals surface area contributed by atoms with Crippen molar-refractivity contribution in [3.8, 4) is 0 Å². The van der Waals surface area contributed by atoms with Crippen molar-refractivity contribution in [2.75, 3.05) is 11.5 Å². The van der Waals surface area contributed by atoms with Crippen molar-refractivity contribution in [3.05, 3.63) is 12.2 Å². The number of carbonyl (C=O) groups excluding carboxylic acids is 1. The van der Waals surface area contributed by atoms with Gasteiger partial charge in [0.25, 0.3) is 0 Å². The third-order valence-corrected chi connectivity index (χ3v) is 2.52. The quantitative estimate of drug-likeness (QED) is 0.360. The molecule has 0 aliphatic rings. The number of thioether (sulfide) groups is 1. The van der Waals surface area contributed by atoms with Gasteiger partial charge in [0.05, 0.1) is 0 Å². The monoisotopic (exact) mass is 217 g/mol. The van der Waals surface area contributed by atoms with Crippen LogP contribution in [0.5, 0.6) is 0 Å². The van der Waals surface area contributed by atoms with E-state index in [1.54, 1.807) is 11.8 Å². The number of aliphatic carboxylic acids is 1. The Morgan fingerprint density at radius 1 is 1.64 bits per heavy atom. The largest absolute Gasteiger partial charge is 0.480 e. The molecule has 0 aromatic heterocycles. The summed E-state index contributed by atoms with van der Waals surface area (Å²) in [6.07, 6.45) is 4.84. The number of nitrogens with one attached hydrogen (secondary N) is 1. The molecule has 0 aliphatic heterocycles. The average Bonchev–Trinajstić information content (AvgIpc) is 2.15. The lowest BCUT2D eigenvalue weighted by molar-refractivity contribution is -0.140. The van der Waals surface area contributed by atoms with Crippen molar-refractivity contribution >= 4 is 24.1 Å². The molecule has 0 heterocycles. The number of carbonyl (C=O) groups is 2. The van der Waals surface area contributed by atoms with Crippen LogP contribution < -0.4 is 5.32 Å². The molecule has 0 aromatic carbocycles. The van der Waals surface area contributed by atoms with Crippen LogP contribution in [0.15, 0.2) is 12.2 Å². The van der Waals surface area contributed by atoms with Crippen LogP contribution in [0.1, 0.15) is 13.3 Å². The van der Waals surface area contributed by atoms with Crippen LogP contribution >= 0.6 is 11.8 Å². The molecule has 1 atom stereocenters. The molecule has 0 bridgehead atoms. The summed E-state index contributed by atoms with van der Waals surface area (Å²) >= 11 is 1.64. The molecule has 0 aliphatic carbocycles. The smallest absolute Gasteiger partial charge is 0.326 e. The first-order valence-electron chi connectivity index (χ1n) is 4.33. The summed E-state index contributed by atoms with van der Waals surface area (Å²) in [5, 5.41) is 10.9. The number of hydrogen-bond acceptors (Lipinski definition) is 3. The van der Waals surface area contributed by atoms with Gasteiger partial charge in [0.2, 0.25) is 6.41 Å². The van der Waals surface area contributed by atoms with Crippen LogP contribution in [0.25, 0.3) is 0 Å². The summed E-state index contributed by atoms with van der Waals surface area (Å²) < 4.78 is 0. The van der Waals surface area contributed by atoms with E-state index in [0.29, 0.717) is 12.8 Å². The summed E-state index contributed by atoms with van der Waals surface area (Å²) in [7, 11) is 0. The first kappa shape index (κ1) is 13.0. The zero-order valence-electron chi connectivity index (χ0n) is 8.10. The third-order valence-electron chi connectivity index (χ3n) is 1.57. The molecule has 0 aromatic rings. The molecular formula is C9H15NO3S. The Balaban J connectivity index is 3.60. The van der Waals surface area contributed by atoms with E-state index in [2.05, 4.69) is 5.32 Å². The minimum absolute atomic E-state index is 0.426. The van der Waals surface area contributed by atoms with Gasteiger partial charge in [-0.15, -0.1) is 0 Å². The maximum atomic E-state index is 10.6. The van der Waals surface area contributed by atoms with Crippen molar-refractivity contribution in [1.82, 2.24) is 5.32 Å². The summed E-state index contributed by atoms with van der Waals surface area (Å²) in [4.78, 5) is 20.6. The highest BCUT2D eigenvalue weighted by Crippen LogP contribution is 2.05. The second-order valence-electron chi connectivity index (χ2n) is 2.61. The van der Waals surface area contributed by atoms with Crippen LogP contribution in [-0.2, 0) is 9.59 Å². The Hall–Kier alpha value is -0.970. The normalized spacial score (nSPS) is 12.6. The standard InChI is InChI=1S/C9H15NO3S/c1-2-3-5-14-6-4-8(9(12)13)10-7-11/h2-3,7-8H,4-6H2,1H3,(H,10,11)(H,12,13). The second kappa shape index (κ2) is 8.62. The van der Waals surface area contributed by atoms with Gasteiger partial charge in [-0.1, -0.05) is 12.2 Å².